The lowest BCUT2D eigenvalue weighted by Crippen LogP contribution is -2.10. The van der Waals surface area contributed by atoms with E-state index in [9.17, 15) is 4.79 Å². The maximum Gasteiger partial charge on any atom is 0.275 e. The van der Waals surface area contributed by atoms with Crippen LogP contribution in [0, 0.1) is 27.7 Å². The molecule has 0 saturated heterocycles. The summed E-state index contributed by atoms with van der Waals surface area (Å²) >= 11 is 0. The van der Waals surface area contributed by atoms with E-state index in [1.165, 1.54) is 16.7 Å². The highest BCUT2D eigenvalue weighted by atomic mass is 16.1. The predicted molar refractivity (Wildman–Crippen MR) is 97.7 cm³/mol. The van der Waals surface area contributed by atoms with Crippen molar-refractivity contribution in [3.05, 3.63) is 69.4 Å². The largest absolute Gasteiger partial charge is 0.310 e. The summed E-state index contributed by atoms with van der Waals surface area (Å²) in [6.07, 6.45) is 1.92. The number of aryl methyl sites for hydroxylation is 4. The molecule has 0 spiro atoms. The van der Waals surface area contributed by atoms with Gasteiger partial charge in [-0.05, 0) is 56.5 Å². The normalized spacial score (nSPS) is 11.5. The molecule has 0 unspecified atom stereocenters. The summed E-state index contributed by atoms with van der Waals surface area (Å²) in [5.74, 6) is 0.632. The quantitative estimate of drug-likeness (QED) is 0.575. The molecule has 0 saturated carbocycles. The van der Waals surface area contributed by atoms with Crippen LogP contribution in [-0.2, 0) is 0 Å². The van der Waals surface area contributed by atoms with E-state index < -0.39 is 0 Å². The molecule has 3 heterocycles. The Morgan fingerprint density at radius 2 is 1.71 bits per heavy atom. The molecule has 3 aromatic heterocycles. The number of pyridine rings is 1. The van der Waals surface area contributed by atoms with E-state index in [0.717, 1.165) is 22.2 Å². The Morgan fingerprint density at radius 3 is 2.42 bits per heavy atom. The smallest absolute Gasteiger partial charge is 0.275 e. The van der Waals surface area contributed by atoms with Crippen molar-refractivity contribution in [2.24, 2.45) is 0 Å². The summed E-state index contributed by atoms with van der Waals surface area (Å²) in [6, 6.07) is 10.3. The molecular weight excluding hydrogens is 298 g/mol. The van der Waals surface area contributed by atoms with Crippen LogP contribution in [-0.4, -0.2) is 14.4 Å². The fraction of sp³-hybridized carbons (Fsp3) is 0.200. The number of hydrogen-bond acceptors (Lipinski definition) is 2. The Hall–Kier alpha value is -2.88. The second kappa shape index (κ2) is 5.06. The van der Waals surface area contributed by atoms with Crippen molar-refractivity contribution in [2.45, 2.75) is 27.7 Å². The topological polar surface area (TPSA) is 50.2 Å². The lowest BCUT2D eigenvalue weighted by molar-refractivity contribution is 1.05. The number of aromatic nitrogens is 3. The van der Waals surface area contributed by atoms with Gasteiger partial charge in [0.2, 0.25) is 0 Å². The van der Waals surface area contributed by atoms with Crippen LogP contribution in [0.25, 0.3) is 27.7 Å². The molecule has 120 valence electrons. The molecule has 1 aromatic carbocycles. The first-order valence-corrected chi connectivity index (χ1v) is 8.05. The molecular formula is C20H19N3O. The fourth-order valence-electron chi connectivity index (χ4n) is 3.76. The van der Waals surface area contributed by atoms with Crippen molar-refractivity contribution in [3.63, 3.8) is 0 Å². The van der Waals surface area contributed by atoms with Gasteiger partial charge in [0.1, 0.15) is 16.9 Å². The second-order valence-electron chi connectivity index (χ2n) is 6.45. The predicted octanol–water partition coefficient (Wildman–Crippen LogP) is 4.08. The van der Waals surface area contributed by atoms with Gasteiger partial charge >= 0.3 is 0 Å². The lowest BCUT2D eigenvalue weighted by Gasteiger charge is -2.11. The molecule has 0 fully saturated rings. The standard InChI is InChI=1S/C20H19N3O/c1-11-9-12(2)16(13(3)10-11)17-15-7-5-6-8-23(15)19-18(17)21-14(4)22-20(19)24/h5-10H,1-4H3,(H,21,22,24). The third-order valence-corrected chi connectivity index (χ3v) is 4.53. The monoisotopic (exact) mass is 317 g/mol. The molecule has 0 aliphatic carbocycles. The third-order valence-electron chi connectivity index (χ3n) is 4.53. The van der Waals surface area contributed by atoms with Gasteiger partial charge in [0.25, 0.3) is 5.56 Å². The van der Waals surface area contributed by atoms with Crippen LogP contribution < -0.4 is 5.56 Å². The fourth-order valence-corrected chi connectivity index (χ4v) is 3.76. The minimum absolute atomic E-state index is 0.104. The highest BCUT2D eigenvalue weighted by molar-refractivity contribution is 6.04. The molecule has 0 atom stereocenters. The van der Waals surface area contributed by atoms with E-state index in [1.807, 2.05) is 35.7 Å². The zero-order chi connectivity index (χ0) is 17.0. The van der Waals surface area contributed by atoms with E-state index >= 15 is 0 Å². The lowest BCUT2D eigenvalue weighted by atomic mass is 9.93. The number of benzene rings is 1. The summed E-state index contributed by atoms with van der Waals surface area (Å²) in [5, 5.41) is 0. The van der Waals surface area contributed by atoms with E-state index in [2.05, 4.69) is 42.9 Å². The zero-order valence-corrected chi connectivity index (χ0v) is 14.3. The molecule has 0 aliphatic rings. The van der Waals surface area contributed by atoms with E-state index in [1.54, 1.807) is 0 Å². The molecule has 0 amide bonds. The van der Waals surface area contributed by atoms with Crippen LogP contribution in [0.2, 0.25) is 0 Å². The summed E-state index contributed by atoms with van der Waals surface area (Å²) in [5.41, 5.74) is 8.10. The van der Waals surface area contributed by atoms with Gasteiger partial charge in [0, 0.05) is 11.8 Å². The van der Waals surface area contributed by atoms with Gasteiger partial charge in [-0.2, -0.15) is 0 Å². The molecule has 24 heavy (non-hydrogen) atoms. The van der Waals surface area contributed by atoms with E-state index in [-0.39, 0.29) is 5.56 Å². The third kappa shape index (κ3) is 1.99. The summed E-state index contributed by atoms with van der Waals surface area (Å²) in [7, 11) is 0. The van der Waals surface area contributed by atoms with Crippen molar-refractivity contribution in [3.8, 4) is 11.1 Å². The number of hydrogen-bond donors (Lipinski definition) is 1. The maximum absolute atomic E-state index is 12.6. The van der Waals surface area contributed by atoms with Gasteiger partial charge in [-0.25, -0.2) is 4.98 Å². The highest BCUT2D eigenvalue weighted by Gasteiger charge is 2.20. The number of rotatable bonds is 1. The van der Waals surface area contributed by atoms with Crippen LogP contribution in [0.3, 0.4) is 0 Å². The van der Waals surface area contributed by atoms with Crippen molar-refractivity contribution in [1.29, 1.82) is 0 Å². The summed E-state index contributed by atoms with van der Waals surface area (Å²) < 4.78 is 1.94. The van der Waals surface area contributed by atoms with Crippen molar-refractivity contribution in [1.82, 2.24) is 14.4 Å². The van der Waals surface area contributed by atoms with Crippen molar-refractivity contribution >= 4 is 16.6 Å². The van der Waals surface area contributed by atoms with Gasteiger partial charge in [0.05, 0.1) is 5.52 Å². The van der Waals surface area contributed by atoms with Crippen molar-refractivity contribution in [2.75, 3.05) is 0 Å². The Morgan fingerprint density at radius 1 is 1.00 bits per heavy atom. The molecule has 0 bridgehead atoms. The van der Waals surface area contributed by atoms with Gasteiger partial charge in [-0.3, -0.25) is 4.79 Å². The highest BCUT2D eigenvalue weighted by Crippen LogP contribution is 2.37. The molecule has 0 aliphatic heterocycles. The number of aromatic amines is 1. The number of nitrogens with zero attached hydrogens (tertiary/aromatic N) is 2. The molecule has 4 aromatic rings. The van der Waals surface area contributed by atoms with Gasteiger partial charge in [-0.1, -0.05) is 23.8 Å². The Bertz CT molecular complexity index is 1140. The van der Waals surface area contributed by atoms with Crippen LogP contribution >= 0.6 is 0 Å². The number of nitrogens with one attached hydrogen (secondary N) is 1. The average molecular weight is 317 g/mol. The van der Waals surface area contributed by atoms with Gasteiger partial charge in [-0.15, -0.1) is 0 Å². The maximum atomic E-state index is 12.6. The second-order valence-corrected chi connectivity index (χ2v) is 6.45. The Balaban J connectivity index is 2.29. The minimum atomic E-state index is -0.104. The first-order chi connectivity index (χ1) is 11.5. The Kier molecular flexibility index (Phi) is 3.10. The van der Waals surface area contributed by atoms with Crippen LogP contribution in [0.5, 0.6) is 0 Å². The zero-order valence-electron chi connectivity index (χ0n) is 14.3. The van der Waals surface area contributed by atoms with Crippen LogP contribution in [0.15, 0.2) is 41.3 Å². The Labute approximate surface area is 139 Å². The van der Waals surface area contributed by atoms with Gasteiger partial charge in [0.15, 0.2) is 0 Å². The van der Waals surface area contributed by atoms with E-state index in [4.69, 9.17) is 0 Å². The van der Waals surface area contributed by atoms with Crippen LogP contribution in [0.4, 0.5) is 0 Å². The van der Waals surface area contributed by atoms with Crippen molar-refractivity contribution < 1.29 is 0 Å². The first-order valence-electron chi connectivity index (χ1n) is 8.05. The molecule has 0 radical (unpaired) electrons. The molecule has 1 N–H and O–H groups in total. The van der Waals surface area contributed by atoms with Gasteiger partial charge < -0.3 is 9.38 Å². The summed E-state index contributed by atoms with van der Waals surface area (Å²) in [6.45, 7) is 8.16. The minimum Gasteiger partial charge on any atom is -0.310 e. The number of fused-ring (bicyclic) bond motifs is 3. The first kappa shape index (κ1) is 14.7. The average Bonchev–Trinajstić information content (AvgIpc) is 2.81. The van der Waals surface area contributed by atoms with E-state index in [0.29, 0.717) is 11.3 Å². The van der Waals surface area contributed by atoms with Crippen LogP contribution in [0.1, 0.15) is 22.5 Å². The SMILES string of the molecule is Cc1cc(C)c(-c2c3nc(C)[nH]c(=O)c3n3ccccc23)c(C)c1. The molecule has 4 nitrogen and oxygen atoms in total. The summed E-state index contributed by atoms with van der Waals surface area (Å²) in [4.78, 5) is 20.1. The molecule has 4 heteroatoms. The molecule has 4 rings (SSSR count). The number of H-pyrrole nitrogens is 1.